The fraction of sp³-hybridized carbons (Fsp3) is 0.300. The van der Waals surface area contributed by atoms with Gasteiger partial charge in [0.15, 0.2) is 6.61 Å². The third-order valence-electron chi connectivity index (χ3n) is 1.82. The lowest BCUT2D eigenvalue weighted by Gasteiger charge is -2.20. The first-order valence-electron chi connectivity index (χ1n) is 4.34. The summed E-state index contributed by atoms with van der Waals surface area (Å²) in [5.41, 5.74) is 0.641. The van der Waals surface area contributed by atoms with Crippen LogP contribution >= 0.6 is 0 Å². The molecule has 75 valence electrons. The molecule has 0 aromatic heterocycles. The number of rotatable bonds is 4. The van der Waals surface area contributed by atoms with E-state index in [9.17, 15) is 9.90 Å². The van der Waals surface area contributed by atoms with E-state index in [-0.39, 0.29) is 13.2 Å². The summed E-state index contributed by atoms with van der Waals surface area (Å²) < 4.78 is 0. The van der Waals surface area contributed by atoms with Gasteiger partial charge in [0.1, 0.15) is 0 Å². The van der Waals surface area contributed by atoms with E-state index < -0.39 is 12.5 Å². The van der Waals surface area contributed by atoms with E-state index in [2.05, 4.69) is 0 Å². The maximum atomic E-state index is 11.2. The van der Waals surface area contributed by atoms with E-state index in [1.54, 1.807) is 24.3 Å². The van der Waals surface area contributed by atoms with E-state index in [0.29, 0.717) is 5.69 Å². The van der Waals surface area contributed by atoms with Crippen LogP contribution in [0.4, 0.5) is 5.69 Å². The molecule has 0 bridgehead atoms. The molecular weight excluding hydrogens is 182 g/mol. The van der Waals surface area contributed by atoms with E-state index in [4.69, 9.17) is 5.11 Å². The lowest BCUT2D eigenvalue weighted by Crippen LogP contribution is -2.35. The minimum atomic E-state index is -0.797. The first-order chi connectivity index (χ1) is 6.79. The van der Waals surface area contributed by atoms with Crippen LogP contribution in [0.3, 0.4) is 0 Å². The quantitative estimate of drug-likeness (QED) is 0.756. The maximum Gasteiger partial charge on any atom is 0.256 e. The summed E-state index contributed by atoms with van der Waals surface area (Å²) in [7, 11) is 0. The second-order valence-electron chi connectivity index (χ2n) is 2.75. The molecule has 0 unspecified atom stereocenters. The van der Waals surface area contributed by atoms with Gasteiger partial charge in [0.2, 0.25) is 0 Å². The van der Waals surface area contributed by atoms with Gasteiger partial charge in [0.25, 0.3) is 5.91 Å². The Labute approximate surface area is 82.4 Å². The molecule has 4 heteroatoms. The number of anilines is 1. The van der Waals surface area contributed by atoms with Gasteiger partial charge in [-0.05, 0) is 12.1 Å². The summed E-state index contributed by atoms with van der Waals surface area (Å²) in [5.74, 6) is -0.523. The van der Waals surface area contributed by atoms with Gasteiger partial charge in [0.05, 0.1) is 6.61 Å². The third-order valence-corrected chi connectivity index (χ3v) is 1.82. The van der Waals surface area contributed by atoms with Crippen molar-refractivity contribution < 1.29 is 15.0 Å². The number of benzene rings is 1. The molecule has 0 aliphatic carbocycles. The monoisotopic (exact) mass is 194 g/mol. The molecule has 1 N–H and O–H groups in total. The standard InChI is InChI=1S/C10H12NO3/c12-7-6-11(10(14)8-13)9-4-2-1-3-5-9/h1-5,12H,6-8H2. The minimum Gasteiger partial charge on any atom is -0.395 e. The van der Waals surface area contributed by atoms with Gasteiger partial charge in [0, 0.05) is 12.2 Å². The van der Waals surface area contributed by atoms with Crippen molar-refractivity contribution in [3.63, 3.8) is 0 Å². The summed E-state index contributed by atoms with van der Waals surface area (Å²) in [6, 6.07) is 8.82. The zero-order valence-corrected chi connectivity index (χ0v) is 7.72. The summed E-state index contributed by atoms with van der Waals surface area (Å²) >= 11 is 0. The van der Waals surface area contributed by atoms with Crippen LogP contribution in [-0.4, -0.2) is 30.8 Å². The zero-order valence-electron chi connectivity index (χ0n) is 7.72. The molecule has 0 spiro atoms. The number of para-hydroxylation sites is 1. The molecule has 1 aromatic rings. The molecule has 0 atom stereocenters. The molecule has 0 heterocycles. The highest BCUT2D eigenvalue weighted by atomic mass is 16.3. The Morgan fingerprint density at radius 3 is 2.43 bits per heavy atom. The Hall–Kier alpha value is -1.39. The number of amides is 1. The molecule has 0 saturated heterocycles. The maximum absolute atomic E-state index is 11.2. The normalized spacial score (nSPS) is 9.86. The fourth-order valence-corrected chi connectivity index (χ4v) is 1.18. The third kappa shape index (κ3) is 2.55. The molecule has 4 nitrogen and oxygen atoms in total. The van der Waals surface area contributed by atoms with E-state index >= 15 is 0 Å². The Kier molecular flexibility index (Phi) is 4.10. The highest BCUT2D eigenvalue weighted by Gasteiger charge is 2.13. The highest BCUT2D eigenvalue weighted by Crippen LogP contribution is 2.12. The number of aliphatic hydroxyl groups is 1. The van der Waals surface area contributed by atoms with Gasteiger partial charge < -0.3 is 10.0 Å². The Morgan fingerprint density at radius 2 is 1.93 bits per heavy atom. The largest absolute Gasteiger partial charge is 0.395 e. The molecule has 0 fully saturated rings. The van der Waals surface area contributed by atoms with Crippen molar-refractivity contribution in [1.82, 2.24) is 0 Å². The topological polar surface area (TPSA) is 60.4 Å². The van der Waals surface area contributed by atoms with Gasteiger partial charge in [-0.15, -0.1) is 0 Å². The molecule has 1 amide bonds. The van der Waals surface area contributed by atoms with Gasteiger partial charge >= 0.3 is 0 Å². The van der Waals surface area contributed by atoms with Crippen LogP contribution in [0.5, 0.6) is 0 Å². The van der Waals surface area contributed by atoms with Gasteiger partial charge in [-0.1, -0.05) is 18.2 Å². The van der Waals surface area contributed by atoms with Crippen molar-refractivity contribution in [3.05, 3.63) is 30.3 Å². The van der Waals surface area contributed by atoms with Gasteiger partial charge in [-0.25, -0.2) is 5.11 Å². The van der Waals surface area contributed by atoms with Crippen LogP contribution in [0.25, 0.3) is 0 Å². The van der Waals surface area contributed by atoms with Gasteiger partial charge in [-0.2, -0.15) is 0 Å². The SMILES string of the molecule is [O]CC(=O)N(CCO)c1ccccc1. The van der Waals surface area contributed by atoms with Crippen LogP contribution in [-0.2, 0) is 9.90 Å². The average molecular weight is 194 g/mol. The summed E-state index contributed by atoms with van der Waals surface area (Å²) in [6.07, 6.45) is 0. The number of carbonyl (C=O) groups excluding carboxylic acids is 1. The minimum absolute atomic E-state index is 0.152. The summed E-state index contributed by atoms with van der Waals surface area (Å²) in [4.78, 5) is 12.5. The van der Waals surface area contributed by atoms with Crippen LogP contribution in [0.1, 0.15) is 0 Å². The first kappa shape index (κ1) is 10.7. The number of hydrogen-bond acceptors (Lipinski definition) is 2. The molecule has 1 radical (unpaired) electrons. The molecular formula is C10H12NO3. The van der Waals surface area contributed by atoms with Gasteiger partial charge in [-0.3, -0.25) is 4.79 Å². The van der Waals surface area contributed by atoms with Crippen molar-refractivity contribution in [2.75, 3.05) is 24.7 Å². The fourth-order valence-electron chi connectivity index (χ4n) is 1.18. The molecule has 1 aromatic carbocycles. The lowest BCUT2D eigenvalue weighted by atomic mass is 10.3. The second kappa shape index (κ2) is 5.36. The predicted molar refractivity (Wildman–Crippen MR) is 51.4 cm³/mol. The lowest BCUT2D eigenvalue weighted by molar-refractivity contribution is -0.123. The molecule has 0 aliphatic heterocycles. The zero-order chi connectivity index (χ0) is 10.4. The van der Waals surface area contributed by atoms with E-state index in [1.165, 1.54) is 4.90 Å². The first-order valence-corrected chi connectivity index (χ1v) is 4.34. The molecule has 0 saturated carbocycles. The van der Waals surface area contributed by atoms with Crippen molar-refractivity contribution in [2.24, 2.45) is 0 Å². The highest BCUT2D eigenvalue weighted by molar-refractivity contribution is 5.94. The average Bonchev–Trinajstić information content (AvgIpc) is 2.26. The van der Waals surface area contributed by atoms with Crippen molar-refractivity contribution in [2.45, 2.75) is 0 Å². The number of nitrogens with zero attached hydrogens (tertiary/aromatic N) is 1. The van der Waals surface area contributed by atoms with E-state index in [0.717, 1.165) is 0 Å². The Morgan fingerprint density at radius 1 is 1.29 bits per heavy atom. The van der Waals surface area contributed by atoms with Crippen LogP contribution in [0.15, 0.2) is 30.3 Å². The van der Waals surface area contributed by atoms with Crippen LogP contribution in [0, 0.1) is 0 Å². The Balaban J connectivity index is 2.83. The Bertz CT molecular complexity index is 287. The second-order valence-corrected chi connectivity index (χ2v) is 2.75. The van der Waals surface area contributed by atoms with E-state index in [1.807, 2.05) is 6.07 Å². The number of carbonyl (C=O) groups is 1. The molecule has 0 aliphatic rings. The summed E-state index contributed by atoms with van der Waals surface area (Å²) in [5, 5.41) is 19.2. The van der Waals surface area contributed by atoms with Crippen molar-refractivity contribution in [3.8, 4) is 0 Å². The smallest absolute Gasteiger partial charge is 0.256 e. The van der Waals surface area contributed by atoms with Crippen molar-refractivity contribution in [1.29, 1.82) is 0 Å². The number of hydrogen-bond donors (Lipinski definition) is 1. The van der Waals surface area contributed by atoms with Crippen LogP contribution in [0.2, 0.25) is 0 Å². The van der Waals surface area contributed by atoms with Crippen molar-refractivity contribution >= 4 is 11.6 Å². The number of aliphatic hydroxyl groups excluding tert-OH is 1. The van der Waals surface area contributed by atoms with Crippen LogP contribution < -0.4 is 4.90 Å². The molecule has 14 heavy (non-hydrogen) atoms. The predicted octanol–water partition coefficient (Wildman–Crippen LogP) is 0.442. The molecule has 1 rings (SSSR count). The summed E-state index contributed by atoms with van der Waals surface area (Å²) in [6.45, 7) is -0.791.